The van der Waals surface area contributed by atoms with E-state index >= 15 is 0 Å². The van der Waals surface area contributed by atoms with Crippen molar-refractivity contribution in [3.05, 3.63) is 35.8 Å². The maximum atomic E-state index is 5.69. The summed E-state index contributed by atoms with van der Waals surface area (Å²) in [5, 5.41) is 8.26. The highest BCUT2D eigenvalue weighted by Gasteiger charge is 2.11. The van der Waals surface area contributed by atoms with Gasteiger partial charge in [-0.2, -0.15) is 0 Å². The van der Waals surface area contributed by atoms with Crippen molar-refractivity contribution in [1.82, 2.24) is 24.6 Å². The minimum Gasteiger partial charge on any atom is -0.384 e. The molecule has 2 N–H and O–H groups in total. The van der Waals surface area contributed by atoms with Crippen molar-refractivity contribution in [1.29, 1.82) is 0 Å². The largest absolute Gasteiger partial charge is 0.384 e. The van der Waals surface area contributed by atoms with Crippen molar-refractivity contribution in [2.24, 2.45) is 0 Å². The first kappa shape index (κ1) is 10.6. The molecule has 3 heterocycles. The Morgan fingerprint density at radius 2 is 2.00 bits per heavy atom. The molecule has 0 fully saturated rings. The van der Waals surface area contributed by atoms with Gasteiger partial charge in [-0.05, 0) is 32.0 Å². The number of nitrogens with two attached hydrogens (primary N) is 1. The topological polar surface area (TPSA) is 82.0 Å². The van der Waals surface area contributed by atoms with Crippen molar-refractivity contribution in [3.8, 4) is 11.4 Å². The smallest absolute Gasteiger partial charge is 0.255 e. The first-order valence-electron chi connectivity index (χ1n) is 5.56. The minimum atomic E-state index is 0.460. The molecule has 6 nitrogen and oxygen atoms in total. The lowest BCUT2D eigenvalue weighted by Gasteiger charge is -2.04. The molecule has 0 saturated heterocycles. The van der Waals surface area contributed by atoms with Crippen LogP contribution in [0.4, 0.5) is 5.82 Å². The molecule has 3 aromatic heterocycles. The molecule has 0 aromatic carbocycles. The molecule has 0 amide bonds. The van der Waals surface area contributed by atoms with Gasteiger partial charge >= 0.3 is 0 Å². The molecule has 0 saturated carbocycles. The second kappa shape index (κ2) is 3.76. The SMILES string of the molecule is Cc1cc(C)n2c(-c3ccnc(N)c3)nnc2n1. The second-order valence-electron chi connectivity index (χ2n) is 4.17. The molecule has 0 spiro atoms. The van der Waals surface area contributed by atoms with Crippen molar-refractivity contribution >= 4 is 11.6 Å². The van der Waals surface area contributed by atoms with Gasteiger partial charge in [0.2, 0.25) is 0 Å². The van der Waals surface area contributed by atoms with Crippen LogP contribution in [0.2, 0.25) is 0 Å². The number of rotatable bonds is 1. The quantitative estimate of drug-likeness (QED) is 0.695. The highest BCUT2D eigenvalue weighted by atomic mass is 15.3. The summed E-state index contributed by atoms with van der Waals surface area (Å²) < 4.78 is 1.90. The maximum absolute atomic E-state index is 5.69. The van der Waals surface area contributed by atoms with E-state index in [0.717, 1.165) is 22.8 Å². The third-order valence-electron chi connectivity index (χ3n) is 2.73. The van der Waals surface area contributed by atoms with Crippen molar-refractivity contribution in [3.63, 3.8) is 0 Å². The molecular weight excluding hydrogens is 228 g/mol. The van der Waals surface area contributed by atoms with Gasteiger partial charge in [0.05, 0.1) is 0 Å². The normalized spacial score (nSPS) is 11.0. The van der Waals surface area contributed by atoms with E-state index < -0.39 is 0 Å². The minimum absolute atomic E-state index is 0.460. The Bertz CT molecular complexity index is 731. The predicted molar refractivity (Wildman–Crippen MR) is 67.9 cm³/mol. The van der Waals surface area contributed by atoms with E-state index in [1.54, 1.807) is 12.3 Å². The molecule has 3 aromatic rings. The van der Waals surface area contributed by atoms with E-state index in [-0.39, 0.29) is 0 Å². The molecule has 0 aliphatic heterocycles. The van der Waals surface area contributed by atoms with Crippen molar-refractivity contribution in [2.75, 3.05) is 5.73 Å². The van der Waals surface area contributed by atoms with Crippen LogP contribution in [-0.2, 0) is 0 Å². The molecule has 0 aliphatic carbocycles. The van der Waals surface area contributed by atoms with Gasteiger partial charge in [0.1, 0.15) is 5.82 Å². The van der Waals surface area contributed by atoms with E-state index in [4.69, 9.17) is 5.73 Å². The lowest BCUT2D eigenvalue weighted by Crippen LogP contribution is -1.99. The zero-order chi connectivity index (χ0) is 12.7. The molecule has 0 aliphatic rings. The Hall–Kier alpha value is -2.50. The third-order valence-corrected chi connectivity index (χ3v) is 2.73. The van der Waals surface area contributed by atoms with Crippen LogP contribution in [-0.4, -0.2) is 24.6 Å². The summed E-state index contributed by atoms with van der Waals surface area (Å²) in [6, 6.07) is 5.62. The summed E-state index contributed by atoms with van der Waals surface area (Å²) in [4.78, 5) is 8.32. The summed E-state index contributed by atoms with van der Waals surface area (Å²) in [5.74, 6) is 1.78. The zero-order valence-electron chi connectivity index (χ0n) is 10.1. The Morgan fingerprint density at radius 3 is 2.78 bits per heavy atom. The first-order chi connectivity index (χ1) is 8.65. The molecule has 0 bridgehead atoms. The van der Waals surface area contributed by atoms with Gasteiger partial charge in [-0.1, -0.05) is 0 Å². The van der Waals surface area contributed by atoms with Crippen molar-refractivity contribution in [2.45, 2.75) is 13.8 Å². The Kier molecular flexibility index (Phi) is 2.22. The van der Waals surface area contributed by atoms with Crippen LogP contribution in [0.3, 0.4) is 0 Å². The fraction of sp³-hybridized carbons (Fsp3) is 0.167. The van der Waals surface area contributed by atoms with Gasteiger partial charge in [0.15, 0.2) is 5.82 Å². The average molecular weight is 240 g/mol. The molecule has 0 radical (unpaired) electrons. The predicted octanol–water partition coefficient (Wildman–Crippen LogP) is 1.39. The Morgan fingerprint density at radius 1 is 1.17 bits per heavy atom. The van der Waals surface area contributed by atoms with Crippen LogP contribution in [0.1, 0.15) is 11.4 Å². The summed E-state index contributed by atoms with van der Waals surface area (Å²) in [5.41, 5.74) is 8.52. The van der Waals surface area contributed by atoms with Gasteiger partial charge in [-0.3, -0.25) is 4.40 Å². The summed E-state index contributed by atoms with van der Waals surface area (Å²) >= 11 is 0. The van der Waals surface area contributed by atoms with Crippen LogP contribution < -0.4 is 5.73 Å². The highest BCUT2D eigenvalue weighted by Crippen LogP contribution is 2.20. The molecular formula is C12H12N6. The molecule has 90 valence electrons. The van der Waals surface area contributed by atoms with E-state index in [2.05, 4.69) is 20.2 Å². The zero-order valence-corrected chi connectivity index (χ0v) is 10.1. The molecule has 3 rings (SSSR count). The molecule has 18 heavy (non-hydrogen) atoms. The fourth-order valence-corrected chi connectivity index (χ4v) is 2.00. The molecule has 6 heteroatoms. The maximum Gasteiger partial charge on any atom is 0.255 e. The summed E-state index contributed by atoms with van der Waals surface area (Å²) in [6.45, 7) is 3.94. The van der Waals surface area contributed by atoms with Gasteiger partial charge in [0.25, 0.3) is 5.78 Å². The number of aryl methyl sites for hydroxylation is 2. The van der Waals surface area contributed by atoms with Crippen LogP contribution >= 0.6 is 0 Å². The number of nitrogen functional groups attached to an aromatic ring is 1. The second-order valence-corrected chi connectivity index (χ2v) is 4.17. The number of anilines is 1. The van der Waals surface area contributed by atoms with E-state index in [1.165, 1.54) is 0 Å². The molecule has 0 atom stereocenters. The van der Waals surface area contributed by atoms with Crippen molar-refractivity contribution < 1.29 is 0 Å². The average Bonchev–Trinajstić information content (AvgIpc) is 2.72. The third kappa shape index (κ3) is 1.58. The van der Waals surface area contributed by atoms with Crippen LogP contribution in [0, 0.1) is 13.8 Å². The van der Waals surface area contributed by atoms with E-state index in [0.29, 0.717) is 11.6 Å². The standard InChI is InChI=1S/C12H12N6/c1-7-5-8(2)18-11(16-17-12(18)15-7)9-3-4-14-10(13)6-9/h3-6H,1-2H3,(H2,13,14). The number of pyridine rings is 1. The van der Waals surface area contributed by atoms with Gasteiger partial charge in [-0.25, -0.2) is 9.97 Å². The fourth-order valence-electron chi connectivity index (χ4n) is 2.00. The monoisotopic (exact) mass is 240 g/mol. The Labute approximate surface area is 104 Å². The van der Waals surface area contributed by atoms with Crippen LogP contribution in [0.25, 0.3) is 17.2 Å². The Balaban J connectivity index is 2.31. The van der Waals surface area contributed by atoms with Gasteiger partial charge in [-0.15, -0.1) is 10.2 Å². The van der Waals surface area contributed by atoms with Gasteiger partial charge < -0.3 is 5.73 Å². The number of aromatic nitrogens is 5. The van der Waals surface area contributed by atoms with Crippen LogP contribution in [0.15, 0.2) is 24.4 Å². The van der Waals surface area contributed by atoms with Crippen LogP contribution in [0.5, 0.6) is 0 Å². The number of hydrogen-bond acceptors (Lipinski definition) is 5. The lowest BCUT2D eigenvalue weighted by molar-refractivity contribution is 1.02. The van der Waals surface area contributed by atoms with E-state index in [9.17, 15) is 0 Å². The van der Waals surface area contributed by atoms with Gasteiger partial charge in [0, 0.05) is 23.1 Å². The number of nitrogens with zero attached hydrogens (tertiary/aromatic N) is 5. The van der Waals surface area contributed by atoms with E-state index in [1.807, 2.05) is 30.4 Å². The number of hydrogen-bond donors (Lipinski definition) is 1. The lowest BCUT2D eigenvalue weighted by atomic mass is 10.2. The molecule has 0 unspecified atom stereocenters. The number of fused-ring (bicyclic) bond motifs is 1. The first-order valence-corrected chi connectivity index (χ1v) is 5.56. The highest BCUT2D eigenvalue weighted by molar-refractivity contribution is 5.61. The summed E-state index contributed by atoms with van der Waals surface area (Å²) in [6.07, 6.45) is 1.66. The summed E-state index contributed by atoms with van der Waals surface area (Å²) in [7, 11) is 0.